The first-order valence-electron chi connectivity index (χ1n) is 5.71. The minimum absolute atomic E-state index is 0.686. The molecule has 2 rings (SSSR count). The van der Waals surface area contributed by atoms with Gasteiger partial charge in [0.05, 0.1) is 6.54 Å². The minimum Gasteiger partial charge on any atom is -0.334 e. The van der Waals surface area contributed by atoms with Crippen LogP contribution >= 0.6 is 11.8 Å². The second-order valence-electron chi connectivity index (χ2n) is 3.92. The van der Waals surface area contributed by atoms with Gasteiger partial charge in [0, 0.05) is 30.7 Å². The number of nitrogens with zero attached hydrogens (tertiary/aromatic N) is 2. The van der Waals surface area contributed by atoms with Crippen LogP contribution in [0.3, 0.4) is 0 Å². The number of aromatic nitrogens is 2. The number of hydrogen-bond acceptors (Lipinski definition) is 3. The number of imidazole rings is 1. The zero-order valence-corrected chi connectivity index (χ0v) is 10.1. The fourth-order valence-corrected chi connectivity index (χ4v) is 3.04. The Morgan fingerprint density at radius 2 is 2.60 bits per heavy atom. The van der Waals surface area contributed by atoms with Gasteiger partial charge in [-0.1, -0.05) is 0 Å². The van der Waals surface area contributed by atoms with Gasteiger partial charge in [-0.2, -0.15) is 11.8 Å². The van der Waals surface area contributed by atoms with E-state index in [0.29, 0.717) is 6.04 Å². The maximum atomic E-state index is 4.37. The van der Waals surface area contributed by atoms with Crippen LogP contribution in [-0.2, 0) is 13.1 Å². The largest absolute Gasteiger partial charge is 0.334 e. The number of rotatable bonds is 4. The number of thioether (sulfide) groups is 1. The Balaban J connectivity index is 1.81. The molecule has 1 aliphatic rings. The Kier molecular flexibility index (Phi) is 4.09. The van der Waals surface area contributed by atoms with Crippen LogP contribution in [0, 0.1) is 0 Å². The summed E-state index contributed by atoms with van der Waals surface area (Å²) in [5.41, 5.74) is 0. The third-order valence-corrected chi connectivity index (χ3v) is 4.07. The van der Waals surface area contributed by atoms with Crippen molar-refractivity contribution in [3.63, 3.8) is 0 Å². The third-order valence-electron chi connectivity index (χ3n) is 2.85. The highest BCUT2D eigenvalue weighted by atomic mass is 32.2. The average Bonchev–Trinajstić information content (AvgIpc) is 2.75. The fraction of sp³-hybridized carbons (Fsp3) is 0.727. The highest BCUT2D eigenvalue weighted by molar-refractivity contribution is 7.99. The van der Waals surface area contributed by atoms with E-state index in [1.54, 1.807) is 0 Å². The van der Waals surface area contributed by atoms with Crippen LogP contribution < -0.4 is 5.32 Å². The first-order valence-corrected chi connectivity index (χ1v) is 6.86. The lowest BCUT2D eigenvalue weighted by Gasteiger charge is -2.22. The molecular weight excluding hydrogens is 206 g/mol. The standard InChI is InChI=1S/C11H19N3S/c1-2-14-6-5-12-11(14)8-13-10-4-3-7-15-9-10/h5-6,10,13H,2-4,7-9H2,1H3. The van der Waals surface area contributed by atoms with Gasteiger partial charge in [0.25, 0.3) is 0 Å². The lowest BCUT2D eigenvalue weighted by Crippen LogP contribution is -2.34. The summed E-state index contributed by atoms with van der Waals surface area (Å²) in [5.74, 6) is 3.75. The summed E-state index contributed by atoms with van der Waals surface area (Å²) in [5, 5.41) is 3.59. The SMILES string of the molecule is CCn1ccnc1CNC1CCCSC1. The predicted molar refractivity (Wildman–Crippen MR) is 65.1 cm³/mol. The maximum absolute atomic E-state index is 4.37. The molecule has 1 atom stereocenters. The van der Waals surface area contributed by atoms with Crippen molar-refractivity contribution in [3.05, 3.63) is 18.2 Å². The lowest BCUT2D eigenvalue weighted by molar-refractivity contribution is 0.489. The van der Waals surface area contributed by atoms with E-state index in [4.69, 9.17) is 0 Å². The van der Waals surface area contributed by atoms with E-state index in [9.17, 15) is 0 Å². The summed E-state index contributed by atoms with van der Waals surface area (Å²) in [4.78, 5) is 4.37. The molecule has 1 aromatic rings. The summed E-state index contributed by atoms with van der Waals surface area (Å²) in [6, 6.07) is 0.686. The van der Waals surface area contributed by atoms with Crippen LogP contribution in [0.5, 0.6) is 0 Å². The molecule has 1 N–H and O–H groups in total. The molecule has 1 unspecified atom stereocenters. The Labute approximate surface area is 95.7 Å². The summed E-state index contributed by atoms with van der Waals surface area (Å²) < 4.78 is 2.20. The van der Waals surface area contributed by atoms with Crippen molar-refractivity contribution in [2.45, 2.75) is 38.9 Å². The zero-order valence-electron chi connectivity index (χ0n) is 9.28. The van der Waals surface area contributed by atoms with Crippen LogP contribution in [0.4, 0.5) is 0 Å². The highest BCUT2D eigenvalue weighted by Gasteiger charge is 2.13. The average molecular weight is 225 g/mol. The van der Waals surface area contributed by atoms with Gasteiger partial charge in [0.1, 0.15) is 5.82 Å². The maximum Gasteiger partial charge on any atom is 0.122 e. The summed E-state index contributed by atoms with van der Waals surface area (Å²) in [6.07, 6.45) is 6.60. The molecule has 2 heterocycles. The topological polar surface area (TPSA) is 29.9 Å². The molecule has 3 nitrogen and oxygen atoms in total. The molecule has 4 heteroatoms. The fourth-order valence-electron chi connectivity index (χ4n) is 1.93. The summed E-state index contributed by atoms with van der Waals surface area (Å²) in [6.45, 7) is 4.07. The normalized spacial score (nSPS) is 21.8. The molecule has 1 aromatic heterocycles. The highest BCUT2D eigenvalue weighted by Crippen LogP contribution is 2.17. The molecule has 0 spiro atoms. The number of aryl methyl sites for hydroxylation is 1. The molecule has 1 saturated heterocycles. The molecule has 0 amide bonds. The molecule has 0 bridgehead atoms. The Hall–Kier alpha value is -0.480. The van der Waals surface area contributed by atoms with Gasteiger partial charge >= 0.3 is 0 Å². The van der Waals surface area contributed by atoms with E-state index in [0.717, 1.165) is 18.9 Å². The molecule has 0 aliphatic carbocycles. The quantitative estimate of drug-likeness (QED) is 0.848. The van der Waals surface area contributed by atoms with Crippen LogP contribution in [0.2, 0.25) is 0 Å². The first-order chi connectivity index (χ1) is 7.40. The summed E-state index contributed by atoms with van der Waals surface area (Å²) >= 11 is 2.06. The van der Waals surface area contributed by atoms with E-state index in [1.165, 1.54) is 24.3 Å². The van der Waals surface area contributed by atoms with Gasteiger partial charge < -0.3 is 9.88 Å². The van der Waals surface area contributed by atoms with Crippen molar-refractivity contribution < 1.29 is 0 Å². The second-order valence-corrected chi connectivity index (χ2v) is 5.07. The van der Waals surface area contributed by atoms with Crippen molar-refractivity contribution in [2.24, 2.45) is 0 Å². The van der Waals surface area contributed by atoms with Crippen molar-refractivity contribution in [1.29, 1.82) is 0 Å². The van der Waals surface area contributed by atoms with E-state index in [2.05, 4.69) is 33.6 Å². The first kappa shape index (κ1) is 11.0. The molecule has 84 valence electrons. The van der Waals surface area contributed by atoms with Crippen molar-refractivity contribution >= 4 is 11.8 Å². The van der Waals surface area contributed by atoms with Crippen LogP contribution in [-0.4, -0.2) is 27.1 Å². The van der Waals surface area contributed by atoms with E-state index in [1.807, 2.05) is 12.4 Å². The van der Waals surface area contributed by atoms with Gasteiger partial charge in [-0.15, -0.1) is 0 Å². The van der Waals surface area contributed by atoms with Gasteiger partial charge in [0.2, 0.25) is 0 Å². The second kappa shape index (κ2) is 5.56. The Morgan fingerprint density at radius 1 is 1.67 bits per heavy atom. The monoisotopic (exact) mass is 225 g/mol. The van der Waals surface area contributed by atoms with Gasteiger partial charge in [-0.05, 0) is 25.5 Å². The summed E-state index contributed by atoms with van der Waals surface area (Å²) in [7, 11) is 0. The molecule has 15 heavy (non-hydrogen) atoms. The predicted octanol–water partition coefficient (Wildman–Crippen LogP) is 1.89. The van der Waals surface area contributed by atoms with Crippen LogP contribution in [0.25, 0.3) is 0 Å². The van der Waals surface area contributed by atoms with E-state index < -0.39 is 0 Å². The Morgan fingerprint density at radius 3 is 3.33 bits per heavy atom. The minimum atomic E-state index is 0.686. The van der Waals surface area contributed by atoms with Crippen LogP contribution in [0.1, 0.15) is 25.6 Å². The van der Waals surface area contributed by atoms with Crippen molar-refractivity contribution in [3.8, 4) is 0 Å². The third kappa shape index (κ3) is 2.98. The van der Waals surface area contributed by atoms with Crippen molar-refractivity contribution in [2.75, 3.05) is 11.5 Å². The Bertz CT molecular complexity index is 292. The van der Waals surface area contributed by atoms with Gasteiger partial charge in [0.15, 0.2) is 0 Å². The molecular formula is C11H19N3S. The molecule has 0 saturated carbocycles. The molecule has 0 radical (unpaired) electrons. The van der Waals surface area contributed by atoms with Gasteiger partial charge in [-0.25, -0.2) is 4.98 Å². The smallest absolute Gasteiger partial charge is 0.122 e. The molecule has 1 fully saturated rings. The van der Waals surface area contributed by atoms with Gasteiger partial charge in [-0.3, -0.25) is 0 Å². The number of hydrogen-bond donors (Lipinski definition) is 1. The van der Waals surface area contributed by atoms with E-state index in [-0.39, 0.29) is 0 Å². The van der Waals surface area contributed by atoms with Crippen LogP contribution in [0.15, 0.2) is 12.4 Å². The zero-order chi connectivity index (χ0) is 10.5. The lowest BCUT2D eigenvalue weighted by atomic mass is 10.2. The van der Waals surface area contributed by atoms with E-state index >= 15 is 0 Å². The van der Waals surface area contributed by atoms with Crippen molar-refractivity contribution in [1.82, 2.24) is 14.9 Å². The number of nitrogens with one attached hydrogen (secondary N) is 1. The molecule has 1 aliphatic heterocycles. The molecule has 0 aromatic carbocycles.